The number of anilines is 1. The molecule has 164 valence electrons. The molecule has 2 N–H and O–H groups in total. The Morgan fingerprint density at radius 1 is 1.13 bits per heavy atom. The average molecular weight is 544 g/mol. The molecular formula is C20H29IN6O2S. The largest absolute Gasteiger partial charge is 0.357 e. The van der Waals surface area contributed by atoms with Crippen molar-refractivity contribution in [3.8, 4) is 0 Å². The van der Waals surface area contributed by atoms with E-state index in [-0.39, 0.29) is 28.9 Å². The van der Waals surface area contributed by atoms with Crippen molar-refractivity contribution >= 4 is 45.8 Å². The van der Waals surface area contributed by atoms with Crippen molar-refractivity contribution in [1.82, 2.24) is 19.9 Å². The van der Waals surface area contributed by atoms with Crippen LogP contribution < -0.4 is 14.9 Å². The van der Waals surface area contributed by atoms with Crippen molar-refractivity contribution < 1.29 is 8.42 Å². The first kappa shape index (κ1) is 24.4. The molecule has 0 aliphatic carbocycles. The summed E-state index contributed by atoms with van der Waals surface area (Å²) < 4.78 is 26.4. The van der Waals surface area contributed by atoms with Crippen molar-refractivity contribution in [3.63, 3.8) is 0 Å². The second-order valence-electron chi connectivity index (χ2n) is 6.69. The van der Waals surface area contributed by atoms with E-state index in [0.29, 0.717) is 6.54 Å². The minimum Gasteiger partial charge on any atom is -0.357 e. The van der Waals surface area contributed by atoms with Gasteiger partial charge in [-0.05, 0) is 43.8 Å². The average Bonchev–Trinajstić information content (AvgIpc) is 2.77. The molecule has 1 aromatic heterocycles. The minimum absolute atomic E-state index is 0. The lowest BCUT2D eigenvalue weighted by Crippen LogP contribution is -2.52. The summed E-state index contributed by atoms with van der Waals surface area (Å²) in [6.45, 7) is 6.66. The van der Waals surface area contributed by atoms with Crippen molar-refractivity contribution in [3.05, 3.63) is 54.2 Å². The predicted octanol–water partition coefficient (Wildman–Crippen LogP) is 1.90. The van der Waals surface area contributed by atoms with Gasteiger partial charge >= 0.3 is 0 Å². The molecule has 2 aromatic rings. The third-order valence-electron chi connectivity index (χ3n) is 4.78. The van der Waals surface area contributed by atoms with E-state index in [9.17, 15) is 8.42 Å². The summed E-state index contributed by atoms with van der Waals surface area (Å²) in [5.41, 5.74) is 0.851. The highest BCUT2D eigenvalue weighted by Gasteiger charge is 2.20. The molecular weight excluding hydrogens is 515 g/mol. The summed E-state index contributed by atoms with van der Waals surface area (Å²) in [6, 6.07) is 12.8. The fourth-order valence-corrected chi connectivity index (χ4v) is 4.01. The second-order valence-corrected chi connectivity index (χ2v) is 8.57. The Bertz CT molecular complexity index is 931. The predicted molar refractivity (Wildman–Crippen MR) is 131 cm³/mol. The standard InChI is InChI=1S/C20H28N6O2S.HI/c1-3-22-20(24-16-17-7-6-8-18(15-17)29(27,28)21-2)26-13-11-25(12-14-26)19-9-4-5-10-23-19;/h4-10,15,21H,3,11-14,16H2,1-2H3,(H,22,24);1H. The van der Waals surface area contributed by atoms with E-state index < -0.39 is 10.0 Å². The molecule has 0 bridgehead atoms. The van der Waals surface area contributed by atoms with E-state index in [4.69, 9.17) is 4.99 Å². The number of hydrogen-bond acceptors (Lipinski definition) is 5. The van der Waals surface area contributed by atoms with E-state index in [1.807, 2.05) is 37.4 Å². The van der Waals surface area contributed by atoms with Gasteiger partial charge in [0.15, 0.2) is 5.96 Å². The van der Waals surface area contributed by atoms with E-state index >= 15 is 0 Å². The number of aromatic nitrogens is 1. The maximum atomic E-state index is 12.0. The Morgan fingerprint density at radius 3 is 2.53 bits per heavy atom. The molecule has 1 fully saturated rings. The lowest BCUT2D eigenvalue weighted by Gasteiger charge is -2.37. The summed E-state index contributed by atoms with van der Waals surface area (Å²) in [4.78, 5) is 13.9. The van der Waals surface area contributed by atoms with Crippen LogP contribution in [0.2, 0.25) is 0 Å². The van der Waals surface area contributed by atoms with Crippen LogP contribution in [0.15, 0.2) is 58.5 Å². The molecule has 8 nitrogen and oxygen atoms in total. The van der Waals surface area contributed by atoms with Crippen LogP contribution in [0.25, 0.3) is 0 Å². The topological polar surface area (TPSA) is 89.9 Å². The SMILES string of the molecule is CCNC(=NCc1cccc(S(=O)(=O)NC)c1)N1CCN(c2ccccn2)CC1.I. The monoisotopic (exact) mass is 544 g/mol. The van der Waals surface area contributed by atoms with Gasteiger partial charge < -0.3 is 15.1 Å². The fraction of sp³-hybridized carbons (Fsp3) is 0.400. The summed E-state index contributed by atoms with van der Waals surface area (Å²) >= 11 is 0. The maximum absolute atomic E-state index is 12.0. The summed E-state index contributed by atoms with van der Waals surface area (Å²) in [5, 5.41) is 3.34. The Labute approximate surface area is 195 Å². The molecule has 0 unspecified atom stereocenters. The number of aliphatic imine (C=N–C) groups is 1. The summed E-state index contributed by atoms with van der Waals surface area (Å²) in [5.74, 6) is 1.84. The normalized spacial score (nSPS) is 14.9. The Hall–Kier alpha value is -1.92. The third kappa shape index (κ3) is 6.29. The smallest absolute Gasteiger partial charge is 0.240 e. The van der Waals surface area contributed by atoms with Crippen LogP contribution in [0.4, 0.5) is 5.82 Å². The van der Waals surface area contributed by atoms with Crippen molar-refractivity contribution in [1.29, 1.82) is 0 Å². The van der Waals surface area contributed by atoms with Crippen LogP contribution in [0.3, 0.4) is 0 Å². The Kier molecular flexibility index (Phi) is 9.31. The zero-order chi connectivity index (χ0) is 20.7. The lowest BCUT2D eigenvalue weighted by atomic mass is 10.2. The first-order valence-corrected chi connectivity index (χ1v) is 11.2. The van der Waals surface area contributed by atoms with Gasteiger partial charge in [-0.25, -0.2) is 23.1 Å². The van der Waals surface area contributed by atoms with Crippen LogP contribution in [-0.4, -0.2) is 64.0 Å². The van der Waals surface area contributed by atoms with E-state index in [2.05, 4.69) is 24.8 Å². The van der Waals surface area contributed by atoms with Crippen LogP contribution in [-0.2, 0) is 16.6 Å². The van der Waals surface area contributed by atoms with Crippen LogP contribution in [0.5, 0.6) is 0 Å². The zero-order valence-corrected chi connectivity index (χ0v) is 20.4. The highest BCUT2D eigenvalue weighted by molar-refractivity contribution is 14.0. The summed E-state index contributed by atoms with van der Waals surface area (Å²) in [6.07, 6.45) is 1.82. The number of nitrogens with one attached hydrogen (secondary N) is 2. The summed E-state index contributed by atoms with van der Waals surface area (Å²) in [7, 11) is -2.05. The van der Waals surface area contributed by atoms with Gasteiger partial charge in [0.05, 0.1) is 11.4 Å². The lowest BCUT2D eigenvalue weighted by molar-refractivity contribution is 0.371. The van der Waals surface area contributed by atoms with E-state index in [1.54, 1.807) is 18.2 Å². The number of pyridine rings is 1. The molecule has 1 aliphatic rings. The quantitative estimate of drug-likeness (QED) is 0.328. The number of halogens is 1. The third-order valence-corrected chi connectivity index (χ3v) is 6.19. The van der Waals surface area contributed by atoms with Crippen LogP contribution in [0.1, 0.15) is 12.5 Å². The van der Waals surface area contributed by atoms with Crippen LogP contribution >= 0.6 is 24.0 Å². The molecule has 0 amide bonds. The van der Waals surface area contributed by atoms with Gasteiger partial charge in [-0.3, -0.25) is 0 Å². The van der Waals surface area contributed by atoms with Gasteiger partial charge in [0.2, 0.25) is 10.0 Å². The Balaban J connectivity index is 0.00000320. The molecule has 2 heterocycles. The number of rotatable bonds is 6. The Morgan fingerprint density at radius 2 is 1.90 bits per heavy atom. The van der Waals surface area contributed by atoms with Crippen molar-refractivity contribution in [2.75, 3.05) is 44.7 Å². The molecule has 0 radical (unpaired) electrons. The zero-order valence-electron chi connectivity index (χ0n) is 17.3. The van der Waals surface area contributed by atoms with Crippen molar-refractivity contribution in [2.45, 2.75) is 18.4 Å². The first-order chi connectivity index (χ1) is 14.0. The molecule has 10 heteroatoms. The molecule has 0 spiro atoms. The van der Waals surface area contributed by atoms with Gasteiger partial charge in [0.25, 0.3) is 0 Å². The molecule has 0 atom stereocenters. The number of nitrogens with zero attached hydrogens (tertiary/aromatic N) is 4. The maximum Gasteiger partial charge on any atom is 0.240 e. The molecule has 30 heavy (non-hydrogen) atoms. The first-order valence-electron chi connectivity index (χ1n) is 9.75. The molecule has 1 saturated heterocycles. The number of hydrogen-bond donors (Lipinski definition) is 2. The molecule has 1 aromatic carbocycles. The highest BCUT2D eigenvalue weighted by Crippen LogP contribution is 2.14. The van der Waals surface area contributed by atoms with Gasteiger partial charge in [-0.1, -0.05) is 18.2 Å². The minimum atomic E-state index is -3.46. The second kappa shape index (κ2) is 11.5. The number of sulfonamides is 1. The van der Waals surface area contributed by atoms with Gasteiger partial charge in [-0.15, -0.1) is 24.0 Å². The fourth-order valence-electron chi connectivity index (χ4n) is 3.21. The number of piperazine rings is 1. The number of guanidine groups is 1. The van der Waals surface area contributed by atoms with Gasteiger partial charge in [0.1, 0.15) is 5.82 Å². The van der Waals surface area contributed by atoms with E-state index in [0.717, 1.165) is 50.1 Å². The molecule has 3 rings (SSSR count). The van der Waals surface area contributed by atoms with E-state index in [1.165, 1.54) is 7.05 Å². The molecule has 0 saturated carbocycles. The van der Waals surface area contributed by atoms with Crippen molar-refractivity contribution in [2.24, 2.45) is 4.99 Å². The highest BCUT2D eigenvalue weighted by atomic mass is 127. The van der Waals surface area contributed by atoms with Crippen LogP contribution in [0, 0.1) is 0 Å². The number of benzene rings is 1. The van der Waals surface area contributed by atoms with Gasteiger partial charge in [0, 0.05) is 38.9 Å². The van der Waals surface area contributed by atoms with Gasteiger partial charge in [-0.2, -0.15) is 0 Å². The molecule has 1 aliphatic heterocycles.